The summed E-state index contributed by atoms with van der Waals surface area (Å²) in [5.74, 6) is 1.23. The molecule has 4 rings (SSSR count). The smallest absolute Gasteiger partial charge is 0.271 e. The van der Waals surface area contributed by atoms with Crippen molar-refractivity contribution in [3.8, 4) is 0 Å². The van der Waals surface area contributed by atoms with E-state index in [-0.39, 0.29) is 5.91 Å². The van der Waals surface area contributed by atoms with Crippen LogP contribution in [0.2, 0.25) is 0 Å². The van der Waals surface area contributed by atoms with Crippen molar-refractivity contribution in [3.63, 3.8) is 0 Å². The van der Waals surface area contributed by atoms with Gasteiger partial charge in [0.1, 0.15) is 0 Å². The first-order valence-corrected chi connectivity index (χ1v) is 9.35. The third-order valence-electron chi connectivity index (χ3n) is 6.15. The quantitative estimate of drug-likeness (QED) is 0.622. The highest BCUT2D eigenvalue weighted by atomic mass is 16.2. The second kappa shape index (κ2) is 7.03. The van der Waals surface area contributed by atoms with E-state index < -0.39 is 0 Å². The Morgan fingerprint density at radius 1 is 1.28 bits per heavy atom. The Morgan fingerprint density at radius 3 is 2.52 bits per heavy atom. The standard InChI is InChI=1S/C21H29N3O/c1-5-24(6-2)18-11-8-15(9-12-18)20(25)23-22-14-16-7-10-17-13-19(16)21(17,3)4/h7-9,11-12,14,17,19H,5-6,10,13H2,1-4H3,(H,23,25)/b22-14-/t17-,19-/m0/s1. The molecule has 1 aromatic rings. The Hall–Kier alpha value is -2.10. The number of hydrogen-bond acceptors (Lipinski definition) is 3. The van der Waals surface area contributed by atoms with E-state index in [1.54, 1.807) is 0 Å². The number of fused-ring (bicyclic) bond motifs is 1. The van der Waals surface area contributed by atoms with Crippen LogP contribution in [0, 0.1) is 17.3 Å². The number of anilines is 1. The number of hydrazone groups is 1. The van der Waals surface area contributed by atoms with Crippen LogP contribution in [-0.2, 0) is 0 Å². The fourth-order valence-corrected chi connectivity index (χ4v) is 4.19. The molecule has 0 radical (unpaired) electrons. The van der Waals surface area contributed by atoms with E-state index in [1.807, 2.05) is 30.5 Å². The Labute approximate surface area is 151 Å². The van der Waals surface area contributed by atoms with Gasteiger partial charge >= 0.3 is 0 Å². The first-order chi connectivity index (χ1) is 12.0. The summed E-state index contributed by atoms with van der Waals surface area (Å²) in [5, 5.41) is 4.20. The van der Waals surface area contributed by atoms with Crippen LogP contribution in [0.5, 0.6) is 0 Å². The lowest BCUT2D eigenvalue weighted by Gasteiger charge is -2.55. The molecule has 1 saturated carbocycles. The molecule has 1 fully saturated rings. The molecule has 1 amide bonds. The highest BCUT2D eigenvalue weighted by Crippen LogP contribution is 2.58. The molecule has 1 aromatic carbocycles. The average Bonchev–Trinajstić information content (AvgIpc) is 2.63. The molecular formula is C21H29N3O. The van der Waals surface area contributed by atoms with Crippen LogP contribution in [-0.4, -0.2) is 25.2 Å². The number of carbonyl (C=O) groups excluding carboxylic acids is 1. The van der Waals surface area contributed by atoms with Gasteiger partial charge in [-0.15, -0.1) is 0 Å². The second-order valence-electron chi connectivity index (χ2n) is 7.66. The summed E-state index contributed by atoms with van der Waals surface area (Å²) in [6.45, 7) is 10.8. The van der Waals surface area contributed by atoms with E-state index in [4.69, 9.17) is 0 Å². The van der Waals surface area contributed by atoms with Gasteiger partial charge in [-0.2, -0.15) is 5.10 Å². The third-order valence-corrected chi connectivity index (χ3v) is 6.15. The summed E-state index contributed by atoms with van der Waals surface area (Å²) in [7, 11) is 0. The zero-order chi connectivity index (χ0) is 18.0. The maximum Gasteiger partial charge on any atom is 0.271 e. The predicted molar refractivity (Wildman–Crippen MR) is 104 cm³/mol. The monoisotopic (exact) mass is 339 g/mol. The van der Waals surface area contributed by atoms with Crippen LogP contribution in [0.25, 0.3) is 0 Å². The highest BCUT2D eigenvalue weighted by molar-refractivity contribution is 5.95. The van der Waals surface area contributed by atoms with Gasteiger partial charge in [-0.25, -0.2) is 5.43 Å². The number of allylic oxidation sites excluding steroid dienone is 2. The Balaban J connectivity index is 1.59. The van der Waals surface area contributed by atoms with Crippen molar-refractivity contribution in [1.82, 2.24) is 5.43 Å². The van der Waals surface area contributed by atoms with Crippen molar-refractivity contribution in [2.24, 2.45) is 22.4 Å². The fraction of sp³-hybridized carbons (Fsp3) is 0.524. The van der Waals surface area contributed by atoms with Gasteiger partial charge in [0.25, 0.3) is 5.91 Å². The third kappa shape index (κ3) is 3.35. The van der Waals surface area contributed by atoms with Crippen molar-refractivity contribution >= 4 is 17.8 Å². The van der Waals surface area contributed by atoms with E-state index in [9.17, 15) is 4.79 Å². The Morgan fingerprint density at radius 2 is 1.96 bits per heavy atom. The van der Waals surface area contributed by atoms with Gasteiger partial charge in [0.15, 0.2) is 0 Å². The van der Waals surface area contributed by atoms with Crippen LogP contribution in [0.15, 0.2) is 41.0 Å². The predicted octanol–water partition coefficient (Wildman–Crippen LogP) is 4.24. The largest absolute Gasteiger partial charge is 0.372 e. The lowest BCUT2D eigenvalue weighted by molar-refractivity contribution is -0.00126. The van der Waals surface area contributed by atoms with Gasteiger partial charge in [-0.3, -0.25) is 4.79 Å². The lowest BCUT2D eigenvalue weighted by Crippen LogP contribution is -2.48. The van der Waals surface area contributed by atoms with Gasteiger partial charge in [0.2, 0.25) is 0 Å². The molecule has 134 valence electrons. The minimum absolute atomic E-state index is 0.162. The molecule has 25 heavy (non-hydrogen) atoms. The topological polar surface area (TPSA) is 44.7 Å². The first-order valence-electron chi connectivity index (χ1n) is 9.35. The van der Waals surface area contributed by atoms with Crippen LogP contribution < -0.4 is 10.3 Å². The molecular weight excluding hydrogens is 310 g/mol. The summed E-state index contributed by atoms with van der Waals surface area (Å²) in [6.07, 6.45) is 6.50. The van der Waals surface area contributed by atoms with E-state index >= 15 is 0 Å². The maximum absolute atomic E-state index is 12.3. The highest BCUT2D eigenvalue weighted by Gasteiger charge is 2.50. The minimum Gasteiger partial charge on any atom is -0.372 e. The van der Waals surface area contributed by atoms with Gasteiger partial charge < -0.3 is 4.90 Å². The minimum atomic E-state index is -0.162. The zero-order valence-corrected chi connectivity index (χ0v) is 15.7. The summed E-state index contributed by atoms with van der Waals surface area (Å²) < 4.78 is 0. The number of carbonyl (C=O) groups is 1. The maximum atomic E-state index is 12.3. The average molecular weight is 339 g/mol. The van der Waals surface area contributed by atoms with Gasteiger partial charge in [0, 0.05) is 24.3 Å². The molecule has 1 N–H and O–H groups in total. The number of nitrogens with zero attached hydrogens (tertiary/aromatic N) is 2. The van der Waals surface area contributed by atoms with Crippen molar-refractivity contribution in [3.05, 3.63) is 41.5 Å². The Kier molecular flexibility index (Phi) is 4.98. The van der Waals surface area contributed by atoms with Gasteiger partial charge in [-0.05, 0) is 73.8 Å². The van der Waals surface area contributed by atoms with Crippen molar-refractivity contribution in [2.45, 2.75) is 40.5 Å². The zero-order valence-electron chi connectivity index (χ0n) is 15.7. The first kappa shape index (κ1) is 17.7. The van der Waals surface area contributed by atoms with E-state index in [2.05, 4.69) is 49.2 Å². The molecule has 0 aliphatic heterocycles. The molecule has 0 spiro atoms. The molecule has 3 aliphatic carbocycles. The van der Waals surface area contributed by atoms with Crippen LogP contribution in [0.4, 0.5) is 5.69 Å². The Bertz CT molecular complexity index is 684. The molecule has 0 heterocycles. The van der Waals surface area contributed by atoms with E-state index in [1.165, 1.54) is 12.0 Å². The van der Waals surface area contributed by atoms with Crippen LogP contribution in [0.1, 0.15) is 50.9 Å². The molecule has 4 heteroatoms. The second-order valence-corrected chi connectivity index (χ2v) is 7.66. The van der Waals surface area contributed by atoms with Gasteiger partial charge in [0.05, 0.1) is 6.21 Å². The molecule has 3 aliphatic rings. The molecule has 2 bridgehead atoms. The molecule has 0 aromatic heterocycles. The summed E-state index contributed by atoms with van der Waals surface area (Å²) in [6, 6.07) is 7.70. The van der Waals surface area contributed by atoms with Crippen LogP contribution >= 0.6 is 0 Å². The number of hydrogen-bond donors (Lipinski definition) is 1. The van der Waals surface area contributed by atoms with Gasteiger partial charge in [-0.1, -0.05) is 19.9 Å². The number of nitrogens with one attached hydrogen (secondary N) is 1. The normalized spacial score (nSPS) is 23.8. The molecule has 2 atom stereocenters. The number of amides is 1. The summed E-state index contributed by atoms with van der Waals surface area (Å²) in [5.41, 5.74) is 6.08. The van der Waals surface area contributed by atoms with Crippen molar-refractivity contribution < 1.29 is 4.79 Å². The van der Waals surface area contributed by atoms with Crippen molar-refractivity contribution in [2.75, 3.05) is 18.0 Å². The van der Waals surface area contributed by atoms with Crippen molar-refractivity contribution in [1.29, 1.82) is 0 Å². The van der Waals surface area contributed by atoms with Crippen LogP contribution in [0.3, 0.4) is 0 Å². The number of rotatable bonds is 6. The SMILES string of the molecule is CCN(CC)c1ccc(C(=O)N/N=C\C2=CC[C@H]3C[C@@H]2C3(C)C)cc1. The number of benzene rings is 1. The lowest BCUT2D eigenvalue weighted by atomic mass is 9.49. The molecule has 4 nitrogen and oxygen atoms in total. The molecule has 0 unspecified atom stereocenters. The van der Waals surface area contributed by atoms with E-state index in [0.717, 1.165) is 31.1 Å². The molecule has 0 saturated heterocycles. The summed E-state index contributed by atoms with van der Waals surface area (Å²) >= 11 is 0. The van der Waals surface area contributed by atoms with E-state index in [0.29, 0.717) is 16.9 Å². The fourth-order valence-electron chi connectivity index (χ4n) is 4.19. The summed E-state index contributed by atoms with van der Waals surface area (Å²) in [4.78, 5) is 14.5.